The first-order chi connectivity index (χ1) is 16.0. The summed E-state index contributed by atoms with van der Waals surface area (Å²) in [6.45, 7) is 4.80. The largest absolute Gasteiger partial charge is 0.346 e. The van der Waals surface area contributed by atoms with E-state index in [0.29, 0.717) is 18.4 Å². The summed E-state index contributed by atoms with van der Waals surface area (Å²) in [5.74, 6) is 1.13. The lowest BCUT2D eigenvalue weighted by Gasteiger charge is -2.22. The monoisotopic (exact) mass is 445 g/mol. The molecule has 2 heterocycles. The fourth-order valence-corrected chi connectivity index (χ4v) is 4.23. The van der Waals surface area contributed by atoms with E-state index in [4.69, 9.17) is 4.98 Å². The molecule has 4 aromatic rings. The van der Waals surface area contributed by atoms with Crippen LogP contribution in [0.15, 0.2) is 59.7 Å². The molecule has 0 unspecified atom stereocenters. The van der Waals surface area contributed by atoms with E-state index in [1.54, 1.807) is 17.0 Å². The zero-order chi connectivity index (χ0) is 23.4. The standard InChI is InChI=1S/C26H31N5O2/c1-18(2)24(25-28-21-13-8-9-14-22(21)30(25)3)29-23(32)15-5-4-10-16-31-17-27-20-12-7-6-11-19(20)26(31)33/h6-9,11-14,17-18,24H,4-5,10,15-16H2,1-3H3,(H,29,32)/t24-/m1/s1. The van der Waals surface area contributed by atoms with E-state index in [2.05, 4.69) is 28.7 Å². The maximum Gasteiger partial charge on any atom is 0.261 e. The van der Waals surface area contributed by atoms with Crippen LogP contribution in [0.4, 0.5) is 0 Å². The molecule has 33 heavy (non-hydrogen) atoms. The molecule has 1 atom stereocenters. The van der Waals surface area contributed by atoms with Gasteiger partial charge in [-0.3, -0.25) is 14.2 Å². The Bertz CT molecular complexity index is 1320. The number of nitrogens with zero attached hydrogens (tertiary/aromatic N) is 4. The van der Waals surface area contributed by atoms with Crippen molar-refractivity contribution in [1.82, 2.24) is 24.4 Å². The lowest BCUT2D eigenvalue weighted by molar-refractivity contribution is -0.122. The van der Waals surface area contributed by atoms with Crippen molar-refractivity contribution < 1.29 is 4.79 Å². The normalized spacial score (nSPS) is 12.5. The van der Waals surface area contributed by atoms with E-state index < -0.39 is 0 Å². The highest BCUT2D eigenvalue weighted by atomic mass is 16.1. The minimum absolute atomic E-state index is 0.0134. The van der Waals surface area contributed by atoms with Gasteiger partial charge in [-0.2, -0.15) is 0 Å². The number of carbonyl (C=O) groups is 1. The number of carbonyl (C=O) groups excluding carboxylic acids is 1. The van der Waals surface area contributed by atoms with Crippen LogP contribution in [0.5, 0.6) is 0 Å². The van der Waals surface area contributed by atoms with Crippen LogP contribution < -0.4 is 10.9 Å². The number of fused-ring (bicyclic) bond motifs is 2. The predicted molar refractivity (Wildman–Crippen MR) is 131 cm³/mol. The van der Waals surface area contributed by atoms with Crippen LogP contribution in [-0.4, -0.2) is 25.0 Å². The molecule has 0 saturated carbocycles. The molecule has 172 valence electrons. The maximum absolute atomic E-state index is 12.7. The first-order valence-corrected chi connectivity index (χ1v) is 11.6. The molecule has 4 rings (SSSR count). The number of nitrogens with one attached hydrogen (secondary N) is 1. The highest BCUT2D eigenvalue weighted by Crippen LogP contribution is 2.25. The van der Waals surface area contributed by atoms with Crippen molar-refractivity contribution in [3.63, 3.8) is 0 Å². The number of rotatable bonds is 9. The van der Waals surface area contributed by atoms with Gasteiger partial charge in [-0.1, -0.05) is 44.5 Å². The van der Waals surface area contributed by atoms with Crippen molar-refractivity contribution in [2.75, 3.05) is 0 Å². The Hall–Kier alpha value is -3.48. The number of para-hydroxylation sites is 3. The molecule has 2 aromatic heterocycles. The number of aromatic nitrogens is 4. The zero-order valence-electron chi connectivity index (χ0n) is 19.5. The zero-order valence-corrected chi connectivity index (χ0v) is 19.5. The summed E-state index contributed by atoms with van der Waals surface area (Å²) in [5.41, 5.74) is 2.70. The smallest absolute Gasteiger partial charge is 0.261 e. The van der Waals surface area contributed by atoms with Crippen LogP contribution in [0.25, 0.3) is 21.9 Å². The van der Waals surface area contributed by atoms with Crippen molar-refractivity contribution in [3.8, 4) is 0 Å². The van der Waals surface area contributed by atoms with Crippen molar-refractivity contribution in [2.45, 2.75) is 52.1 Å². The first kappa shape index (κ1) is 22.7. The Morgan fingerprint density at radius 2 is 1.73 bits per heavy atom. The highest BCUT2D eigenvalue weighted by Gasteiger charge is 2.23. The van der Waals surface area contributed by atoms with Crippen molar-refractivity contribution >= 4 is 27.8 Å². The van der Waals surface area contributed by atoms with Crippen molar-refractivity contribution in [1.29, 1.82) is 0 Å². The molecule has 2 aromatic carbocycles. The molecule has 1 N–H and O–H groups in total. The van der Waals surface area contributed by atoms with Gasteiger partial charge in [0.2, 0.25) is 5.91 Å². The molecular weight excluding hydrogens is 414 g/mol. The van der Waals surface area contributed by atoms with E-state index in [1.807, 2.05) is 49.5 Å². The van der Waals surface area contributed by atoms with E-state index in [1.165, 1.54) is 0 Å². The van der Waals surface area contributed by atoms with Crippen LogP contribution in [0.2, 0.25) is 0 Å². The van der Waals surface area contributed by atoms with Crippen LogP contribution >= 0.6 is 0 Å². The van der Waals surface area contributed by atoms with E-state index in [-0.39, 0.29) is 23.4 Å². The Kier molecular flexibility index (Phi) is 6.87. The SMILES string of the molecule is CC(C)[C@@H](NC(=O)CCCCCn1cnc2ccccc2c1=O)c1nc2ccccc2n1C. The fourth-order valence-electron chi connectivity index (χ4n) is 4.23. The van der Waals surface area contributed by atoms with Crippen LogP contribution in [-0.2, 0) is 18.4 Å². The summed E-state index contributed by atoms with van der Waals surface area (Å²) in [6.07, 6.45) is 4.53. The molecule has 0 aliphatic rings. The van der Waals surface area contributed by atoms with E-state index in [0.717, 1.165) is 41.6 Å². The summed E-state index contributed by atoms with van der Waals surface area (Å²) < 4.78 is 3.72. The molecule has 1 amide bonds. The second kappa shape index (κ2) is 9.98. The van der Waals surface area contributed by atoms with E-state index >= 15 is 0 Å². The average Bonchev–Trinajstić information content (AvgIpc) is 3.15. The topological polar surface area (TPSA) is 81.8 Å². The molecular formula is C26H31N5O2. The maximum atomic E-state index is 12.7. The van der Waals surface area contributed by atoms with Gasteiger partial charge in [0, 0.05) is 20.0 Å². The Morgan fingerprint density at radius 1 is 1.00 bits per heavy atom. The Balaban J connectivity index is 1.30. The molecule has 7 nitrogen and oxygen atoms in total. The fraction of sp³-hybridized carbons (Fsp3) is 0.385. The van der Waals surface area contributed by atoms with Gasteiger partial charge in [-0.25, -0.2) is 9.97 Å². The number of amides is 1. The number of hydrogen-bond acceptors (Lipinski definition) is 4. The van der Waals surface area contributed by atoms with Gasteiger partial charge in [0.05, 0.1) is 34.3 Å². The second-order valence-corrected chi connectivity index (χ2v) is 8.88. The number of benzene rings is 2. The minimum atomic E-state index is -0.142. The Morgan fingerprint density at radius 3 is 2.48 bits per heavy atom. The number of hydrogen-bond donors (Lipinski definition) is 1. The van der Waals surface area contributed by atoms with Gasteiger partial charge in [0.15, 0.2) is 0 Å². The molecule has 0 radical (unpaired) electrons. The van der Waals surface area contributed by atoms with Gasteiger partial charge in [0.25, 0.3) is 5.56 Å². The van der Waals surface area contributed by atoms with Crippen molar-refractivity contribution in [3.05, 3.63) is 71.0 Å². The summed E-state index contributed by atoms with van der Waals surface area (Å²) in [6, 6.07) is 15.3. The molecule has 0 spiro atoms. The highest BCUT2D eigenvalue weighted by molar-refractivity contribution is 5.78. The minimum Gasteiger partial charge on any atom is -0.346 e. The molecule has 0 fully saturated rings. The molecule has 0 aliphatic heterocycles. The predicted octanol–water partition coefficient (Wildman–Crippen LogP) is 4.36. The third kappa shape index (κ3) is 4.97. The van der Waals surface area contributed by atoms with E-state index in [9.17, 15) is 9.59 Å². The lowest BCUT2D eigenvalue weighted by Crippen LogP contribution is -2.33. The molecule has 7 heteroatoms. The summed E-state index contributed by atoms with van der Waals surface area (Å²) >= 11 is 0. The summed E-state index contributed by atoms with van der Waals surface area (Å²) in [4.78, 5) is 34.4. The van der Waals surface area contributed by atoms with Gasteiger partial charge < -0.3 is 9.88 Å². The number of imidazole rings is 1. The summed E-state index contributed by atoms with van der Waals surface area (Å²) in [7, 11) is 2.00. The average molecular weight is 446 g/mol. The van der Waals surface area contributed by atoms with Crippen molar-refractivity contribution in [2.24, 2.45) is 13.0 Å². The molecule has 0 saturated heterocycles. The van der Waals surface area contributed by atoms with Crippen LogP contribution in [0.3, 0.4) is 0 Å². The van der Waals surface area contributed by atoms with Gasteiger partial charge in [-0.05, 0) is 43.0 Å². The first-order valence-electron chi connectivity index (χ1n) is 11.6. The number of unbranched alkanes of at least 4 members (excludes halogenated alkanes) is 2. The lowest BCUT2D eigenvalue weighted by atomic mass is 10.0. The third-order valence-corrected chi connectivity index (χ3v) is 6.12. The van der Waals surface area contributed by atoms with Gasteiger partial charge >= 0.3 is 0 Å². The van der Waals surface area contributed by atoms with Crippen LogP contribution in [0, 0.1) is 5.92 Å². The second-order valence-electron chi connectivity index (χ2n) is 8.88. The van der Waals surface area contributed by atoms with Gasteiger partial charge in [-0.15, -0.1) is 0 Å². The summed E-state index contributed by atoms with van der Waals surface area (Å²) in [5, 5.41) is 3.82. The quantitative estimate of drug-likeness (QED) is 0.388. The third-order valence-electron chi connectivity index (χ3n) is 6.12. The number of aryl methyl sites for hydroxylation is 2. The Labute approximate surface area is 193 Å². The van der Waals surface area contributed by atoms with Gasteiger partial charge in [0.1, 0.15) is 5.82 Å². The van der Waals surface area contributed by atoms with Crippen LogP contribution in [0.1, 0.15) is 51.4 Å². The molecule has 0 bridgehead atoms. The molecule has 0 aliphatic carbocycles.